The molecule has 17 heavy (non-hydrogen) atoms. The first-order valence-electron chi connectivity index (χ1n) is 6.15. The van der Waals surface area contributed by atoms with Crippen LogP contribution in [0.4, 0.5) is 0 Å². The van der Waals surface area contributed by atoms with Crippen LogP contribution < -0.4 is 10.5 Å². The zero-order valence-electron chi connectivity index (χ0n) is 10.5. The number of rotatable bonds is 5. The van der Waals surface area contributed by atoms with E-state index in [4.69, 9.17) is 18.0 Å². The standard InChI is InChI=1S/C11H22N2O2S2/c1-8(2)17(14,15)13-10(11(12)16)9-6-4-3-5-7-9/h8-10,13H,3-7H2,1-2H3,(H2,12,16). The van der Waals surface area contributed by atoms with Crippen LogP contribution in [-0.2, 0) is 10.0 Å². The Kier molecular flexibility index (Phi) is 5.34. The fourth-order valence-corrected chi connectivity index (χ4v) is 3.44. The van der Waals surface area contributed by atoms with Crippen molar-refractivity contribution in [1.29, 1.82) is 0 Å². The molecule has 0 aromatic heterocycles. The van der Waals surface area contributed by atoms with Gasteiger partial charge in [-0.3, -0.25) is 0 Å². The molecule has 1 atom stereocenters. The molecule has 3 N–H and O–H groups in total. The number of nitrogens with one attached hydrogen (secondary N) is 1. The Morgan fingerprint density at radius 3 is 2.24 bits per heavy atom. The van der Waals surface area contributed by atoms with E-state index < -0.39 is 15.3 Å². The first-order chi connectivity index (χ1) is 7.84. The number of hydrogen-bond acceptors (Lipinski definition) is 3. The third-order valence-electron chi connectivity index (χ3n) is 3.34. The molecule has 1 unspecified atom stereocenters. The van der Waals surface area contributed by atoms with E-state index in [-0.39, 0.29) is 16.9 Å². The van der Waals surface area contributed by atoms with Gasteiger partial charge in [-0.2, -0.15) is 0 Å². The molecule has 4 nitrogen and oxygen atoms in total. The maximum atomic E-state index is 11.9. The van der Waals surface area contributed by atoms with Gasteiger partial charge in [0, 0.05) is 0 Å². The van der Waals surface area contributed by atoms with Crippen LogP contribution in [0.5, 0.6) is 0 Å². The molecule has 0 aromatic carbocycles. The van der Waals surface area contributed by atoms with E-state index in [1.54, 1.807) is 13.8 Å². The zero-order chi connectivity index (χ0) is 13.1. The molecule has 0 radical (unpaired) electrons. The van der Waals surface area contributed by atoms with Gasteiger partial charge < -0.3 is 5.73 Å². The second kappa shape index (κ2) is 6.11. The van der Waals surface area contributed by atoms with Crippen molar-refractivity contribution in [1.82, 2.24) is 4.72 Å². The van der Waals surface area contributed by atoms with Gasteiger partial charge in [0.25, 0.3) is 0 Å². The predicted molar refractivity (Wildman–Crippen MR) is 74.3 cm³/mol. The second-order valence-electron chi connectivity index (χ2n) is 4.99. The summed E-state index contributed by atoms with van der Waals surface area (Å²) in [6, 6.07) is -0.377. The minimum atomic E-state index is -3.31. The molecule has 0 spiro atoms. The zero-order valence-corrected chi connectivity index (χ0v) is 12.1. The summed E-state index contributed by atoms with van der Waals surface area (Å²) in [5.74, 6) is 0.259. The summed E-state index contributed by atoms with van der Waals surface area (Å²) in [4.78, 5) is 0.265. The molecule has 0 aromatic rings. The number of sulfonamides is 1. The van der Waals surface area contributed by atoms with Crippen molar-refractivity contribution in [3.8, 4) is 0 Å². The summed E-state index contributed by atoms with van der Waals surface area (Å²) >= 11 is 5.00. The van der Waals surface area contributed by atoms with E-state index in [9.17, 15) is 8.42 Å². The molecule has 1 rings (SSSR count). The summed E-state index contributed by atoms with van der Waals surface area (Å²) in [7, 11) is -3.31. The molecule has 0 bridgehead atoms. The van der Waals surface area contributed by atoms with Crippen LogP contribution in [0.15, 0.2) is 0 Å². The van der Waals surface area contributed by atoms with E-state index >= 15 is 0 Å². The van der Waals surface area contributed by atoms with Gasteiger partial charge in [0.1, 0.15) is 0 Å². The number of hydrogen-bond donors (Lipinski definition) is 2. The van der Waals surface area contributed by atoms with E-state index in [1.165, 1.54) is 6.42 Å². The molecule has 1 fully saturated rings. The average molecular weight is 278 g/mol. The quantitative estimate of drug-likeness (QED) is 0.748. The Labute approximate surface area is 109 Å². The predicted octanol–water partition coefficient (Wildman–Crippen LogP) is 1.55. The van der Waals surface area contributed by atoms with Gasteiger partial charge in [0.2, 0.25) is 10.0 Å². The van der Waals surface area contributed by atoms with Crippen molar-refractivity contribution in [2.45, 2.75) is 57.2 Å². The first-order valence-corrected chi connectivity index (χ1v) is 8.10. The third-order valence-corrected chi connectivity index (χ3v) is 5.42. The van der Waals surface area contributed by atoms with E-state index in [1.807, 2.05) is 0 Å². The smallest absolute Gasteiger partial charge is 0.214 e. The molecule has 0 amide bonds. The molecule has 1 aliphatic carbocycles. The van der Waals surface area contributed by atoms with E-state index in [0.29, 0.717) is 0 Å². The molecule has 1 saturated carbocycles. The highest BCUT2D eigenvalue weighted by Crippen LogP contribution is 2.27. The molecule has 0 heterocycles. The summed E-state index contributed by atoms with van der Waals surface area (Å²) in [5, 5.41) is -0.456. The lowest BCUT2D eigenvalue weighted by molar-refractivity contribution is 0.330. The van der Waals surface area contributed by atoms with Crippen molar-refractivity contribution in [3.05, 3.63) is 0 Å². The van der Waals surface area contributed by atoms with E-state index in [0.717, 1.165) is 25.7 Å². The van der Waals surface area contributed by atoms with Gasteiger partial charge in [0.15, 0.2) is 0 Å². The van der Waals surface area contributed by atoms with Crippen LogP contribution in [0.2, 0.25) is 0 Å². The van der Waals surface area contributed by atoms with Gasteiger partial charge in [-0.1, -0.05) is 31.5 Å². The lowest BCUT2D eigenvalue weighted by Gasteiger charge is -2.30. The summed E-state index contributed by atoms with van der Waals surface area (Å²) < 4.78 is 26.4. The van der Waals surface area contributed by atoms with Crippen molar-refractivity contribution >= 4 is 27.2 Å². The molecular weight excluding hydrogens is 256 g/mol. The Morgan fingerprint density at radius 2 is 1.82 bits per heavy atom. The summed E-state index contributed by atoms with van der Waals surface area (Å²) in [6.07, 6.45) is 5.49. The maximum absolute atomic E-state index is 11.9. The minimum absolute atomic E-state index is 0.259. The van der Waals surface area contributed by atoms with Crippen LogP contribution in [0.3, 0.4) is 0 Å². The number of thiocarbonyl (C=S) groups is 1. The van der Waals surface area contributed by atoms with Gasteiger partial charge in [-0.15, -0.1) is 0 Å². The monoisotopic (exact) mass is 278 g/mol. The fourth-order valence-electron chi connectivity index (χ4n) is 2.17. The third kappa shape index (κ3) is 4.19. The second-order valence-corrected chi connectivity index (χ2v) is 7.73. The Balaban J connectivity index is 2.76. The Hall–Kier alpha value is -0.200. The first kappa shape index (κ1) is 14.9. The van der Waals surface area contributed by atoms with Crippen molar-refractivity contribution < 1.29 is 8.42 Å². The molecule has 1 aliphatic rings. The highest BCUT2D eigenvalue weighted by molar-refractivity contribution is 7.90. The Bertz CT molecular complexity index is 360. The lowest BCUT2D eigenvalue weighted by atomic mass is 9.84. The van der Waals surface area contributed by atoms with Crippen LogP contribution in [0, 0.1) is 5.92 Å². The highest BCUT2D eigenvalue weighted by atomic mass is 32.2. The Morgan fingerprint density at radius 1 is 1.29 bits per heavy atom. The lowest BCUT2D eigenvalue weighted by Crippen LogP contribution is -2.50. The molecule has 0 aliphatic heterocycles. The van der Waals surface area contributed by atoms with Crippen LogP contribution in [-0.4, -0.2) is 24.7 Å². The van der Waals surface area contributed by atoms with Gasteiger partial charge in [-0.25, -0.2) is 13.1 Å². The van der Waals surface area contributed by atoms with Crippen molar-refractivity contribution in [2.24, 2.45) is 11.7 Å². The topological polar surface area (TPSA) is 72.2 Å². The summed E-state index contributed by atoms with van der Waals surface area (Å²) in [6.45, 7) is 3.31. The fraction of sp³-hybridized carbons (Fsp3) is 0.909. The molecule has 100 valence electrons. The van der Waals surface area contributed by atoms with Gasteiger partial charge in [0.05, 0.1) is 16.3 Å². The molecule has 6 heteroatoms. The van der Waals surface area contributed by atoms with Crippen LogP contribution >= 0.6 is 12.2 Å². The maximum Gasteiger partial charge on any atom is 0.214 e. The van der Waals surface area contributed by atoms with Crippen molar-refractivity contribution in [3.63, 3.8) is 0 Å². The normalized spacial score (nSPS) is 20.4. The number of nitrogens with two attached hydrogens (primary N) is 1. The van der Waals surface area contributed by atoms with E-state index in [2.05, 4.69) is 4.72 Å². The minimum Gasteiger partial charge on any atom is -0.392 e. The molecule has 0 saturated heterocycles. The van der Waals surface area contributed by atoms with Crippen LogP contribution in [0.25, 0.3) is 0 Å². The highest BCUT2D eigenvalue weighted by Gasteiger charge is 2.30. The van der Waals surface area contributed by atoms with Gasteiger partial charge in [-0.05, 0) is 32.6 Å². The molecular formula is C11H22N2O2S2. The van der Waals surface area contributed by atoms with Crippen molar-refractivity contribution in [2.75, 3.05) is 0 Å². The average Bonchev–Trinajstić information content (AvgIpc) is 2.26. The SMILES string of the molecule is CC(C)S(=O)(=O)NC(C(N)=S)C1CCCCC1. The largest absolute Gasteiger partial charge is 0.392 e. The summed E-state index contributed by atoms with van der Waals surface area (Å²) in [5.41, 5.74) is 5.68. The van der Waals surface area contributed by atoms with Crippen LogP contribution in [0.1, 0.15) is 46.0 Å². The van der Waals surface area contributed by atoms with Gasteiger partial charge >= 0.3 is 0 Å².